The largest absolute Gasteiger partial charge is 0.394 e. The predicted octanol–water partition coefficient (Wildman–Crippen LogP) is 0.223. The molecule has 1 unspecified atom stereocenters. The standard InChI is InChI=1S/C8H14N2O2/c1-6-5-7(2)9-10(3-4-11)8(6)12/h6,11H,3-5H2,1-2H3. The minimum absolute atomic E-state index is 0.00838. The van der Waals surface area contributed by atoms with Crippen LogP contribution in [-0.4, -0.2) is 34.9 Å². The van der Waals surface area contributed by atoms with Gasteiger partial charge in [0.05, 0.1) is 13.2 Å². The number of carbonyl (C=O) groups excluding carboxylic acids is 1. The normalized spacial score (nSPS) is 24.2. The van der Waals surface area contributed by atoms with Crippen LogP contribution in [0.1, 0.15) is 20.3 Å². The first-order valence-electron chi connectivity index (χ1n) is 4.11. The van der Waals surface area contributed by atoms with Crippen LogP contribution in [0.25, 0.3) is 0 Å². The summed E-state index contributed by atoms with van der Waals surface area (Å²) in [7, 11) is 0. The number of hydrogen-bond donors (Lipinski definition) is 1. The Morgan fingerprint density at radius 2 is 2.42 bits per heavy atom. The molecule has 0 saturated carbocycles. The molecular weight excluding hydrogens is 156 g/mol. The first kappa shape index (κ1) is 9.19. The number of β-amino-alcohol motifs (C(OH)–C–C–N with tert-alkyl or cyclic N) is 1. The van der Waals surface area contributed by atoms with E-state index in [-0.39, 0.29) is 18.4 Å². The molecule has 4 heteroatoms. The average Bonchev–Trinajstić information content (AvgIpc) is 2.00. The highest BCUT2D eigenvalue weighted by atomic mass is 16.3. The maximum Gasteiger partial charge on any atom is 0.245 e. The van der Waals surface area contributed by atoms with Gasteiger partial charge < -0.3 is 5.11 Å². The average molecular weight is 170 g/mol. The van der Waals surface area contributed by atoms with E-state index >= 15 is 0 Å². The molecule has 68 valence electrons. The van der Waals surface area contributed by atoms with Gasteiger partial charge in [-0.2, -0.15) is 5.10 Å². The predicted molar refractivity (Wildman–Crippen MR) is 45.7 cm³/mol. The number of nitrogens with zero attached hydrogens (tertiary/aromatic N) is 2. The molecule has 1 aliphatic heterocycles. The van der Waals surface area contributed by atoms with Crippen molar-refractivity contribution in [3.8, 4) is 0 Å². The highest BCUT2D eigenvalue weighted by Gasteiger charge is 2.24. The van der Waals surface area contributed by atoms with Gasteiger partial charge >= 0.3 is 0 Å². The van der Waals surface area contributed by atoms with Crippen molar-refractivity contribution in [3.63, 3.8) is 0 Å². The lowest BCUT2D eigenvalue weighted by Crippen LogP contribution is -2.38. The van der Waals surface area contributed by atoms with Gasteiger partial charge in [-0.25, -0.2) is 5.01 Å². The van der Waals surface area contributed by atoms with E-state index in [1.165, 1.54) is 5.01 Å². The summed E-state index contributed by atoms with van der Waals surface area (Å²) in [6.45, 7) is 4.05. The van der Waals surface area contributed by atoms with Crippen molar-refractivity contribution >= 4 is 11.6 Å². The molecular formula is C8H14N2O2. The van der Waals surface area contributed by atoms with Crippen molar-refractivity contribution in [3.05, 3.63) is 0 Å². The summed E-state index contributed by atoms with van der Waals surface area (Å²) in [5.41, 5.74) is 0.954. The van der Waals surface area contributed by atoms with E-state index in [4.69, 9.17) is 5.11 Å². The molecule has 0 aromatic heterocycles. The Morgan fingerprint density at radius 1 is 1.75 bits per heavy atom. The van der Waals surface area contributed by atoms with Crippen LogP contribution in [-0.2, 0) is 4.79 Å². The fraction of sp³-hybridized carbons (Fsp3) is 0.750. The van der Waals surface area contributed by atoms with Crippen LogP contribution < -0.4 is 0 Å². The number of aliphatic hydroxyl groups is 1. The molecule has 1 rings (SSSR count). The molecule has 0 aromatic rings. The van der Waals surface area contributed by atoms with Crippen molar-refractivity contribution in [2.75, 3.05) is 13.2 Å². The Labute approximate surface area is 71.9 Å². The summed E-state index contributed by atoms with van der Waals surface area (Å²) < 4.78 is 0. The number of aliphatic hydroxyl groups excluding tert-OH is 1. The Balaban J connectivity index is 2.70. The molecule has 0 radical (unpaired) electrons. The van der Waals surface area contributed by atoms with E-state index in [0.717, 1.165) is 12.1 Å². The van der Waals surface area contributed by atoms with Crippen LogP contribution in [0.3, 0.4) is 0 Å². The second-order valence-electron chi connectivity index (χ2n) is 3.13. The topological polar surface area (TPSA) is 52.9 Å². The lowest BCUT2D eigenvalue weighted by Gasteiger charge is -2.25. The van der Waals surface area contributed by atoms with Gasteiger partial charge in [0.15, 0.2) is 0 Å². The molecule has 1 N–H and O–H groups in total. The lowest BCUT2D eigenvalue weighted by atomic mass is 10.0. The summed E-state index contributed by atoms with van der Waals surface area (Å²) in [4.78, 5) is 11.4. The van der Waals surface area contributed by atoms with Crippen LogP contribution in [0.5, 0.6) is 0 Å². The summed E-state index contributed by atoms with van der Waals surface area (Å²) in [6, 6.07) is 0. The molecule has 0 aromatic carbocycles. The highest BCUT2D eigenvalue weighted by molar-refractivity contribution is 5.92. The third kappa shape index (κ3) is 1.82. The Hall–Kier alpha value is -0.900. The number of carbonyl (C=O) groups is 1. The summed E-state index contributed by atoms with van der Waals surface area (Å²) in [5, 5.41) is 14.0. The molecule has 1 amide bonds. The van der Waals surface area contributed by atoms with Crippen LogP contribution in [0.4, 0.5) is 0 Å². The maximum absolute atomic E-state index is 11.4. The van der Waals surface area contributed by atoms with E-state index in [1.807, 2.05) is 13.8 Å². The first-order chi connectivity index (χ1) is 5.65. The third-order valence-electron chi connectivity index (χ3n) is 1.88. The minimum atomic E-state index is -0.0325. The molecule has 12 heavy (non-hydrogen) atoms. The van der Waals surface area contributed by atoms with E-state index < -0.39 is 0 Å². The van der Waals surface area contributed by atoms with Gasteiger partial charge in [-0.3, -0.25) is 4.79 Å². The molecule has 0 spiro atoms. The molecule has 0 bridgehead atoms. The molecule has 0 saturated heterocycles. The molecule has 0 aliphatic carbocycles. The minimum Gasteiger partial charge on any atom is -0.394 e. The monoisotopic (exact) mass is 170 g/mol. The molecule has 0 fully saturated rings. The lowest BCUT2D eigenvalue weighted by molar-refractivity contribution is -0.136. The smallest absolute Gasteiger partial charge is 0.245 e. The Morgan fingerprint density at radius 3 is 3.00 bits per heavy atom. The Bertz CT molecular complexity index is 213. The molecule has 4 nitrogen and oxygen atoms in total. The van der Waals surface area contributed by atoms with Gasteiger partial charge in [0.2, 0.25) is 5.91 Å². The van der Waals surface area contributed by atoms with Crippen molar-refractivity contribution in [2.45, 2.75) is 20.3 Å². The van der Waals surface area contributed by atoms with Gasteiger partial charge in [-0.15, -0.1) is 0 Å². The van der Waals surface area contributed by atoms with Crippen LogP contribution in [0, 0.1) is 5.92 Å². The van der Waals surface area contributed by atoms with Gasteiger partial charge in [-0.05, 0) is 13.3 Å². The van der Waals surface area contributed by atoms with E-state index in [9.17, 15) is 4.79 Å². The summed E-state index contributed by atoms with van der Waals surface area (Å²) in [5.74, 6) is 0.0173. The SMILES string of the molecule is CC1=NN(CCO)C(=O)C(C)C1. The number of rotatable bonds is 2. The van der Waals surface area contributed by atoms with Crippen LogP contribution >= 0.6 is 0 Å². The first-order valence-corrected chi connectivity index (χ1v) is 4.11. The summed E-state index contributed by atoms with van der Waals surface area (Å²) in [6.07, 6.45) is 0.737. The second-order valence-corrected chi connectivity index (χ2v) is 3.13. The zero-order valence-corrected chi connectivity index (χ0v) is 7.45. The van der Waals surface area contributed by atoms with Crippen molar-refractivity contribution in [2.24, 2.45) is 11.0 Å². The third-order valence-corrected chi connectivity index (χ3v) is 1.88. The maximum atomic E-state index is 11.4. The fourth-order valence-electron chi connectivity index (χ4n) is 1.34. The zero-order valence-electron chi connectivity index (χ0n) is 7.45. The van der Waals surface area contributed by atoms with E-state index in [2.05, 4.69) is 5.10 Å². The van der Waals surface area contributed by atoms with Crippen molar-refractivity contribution < 1.29 is 9.90 Å². The molecule has 1 atom stereocenters. The van der Waals surface area contributed by atoms with Crippen molar-refractivity contribution in [1.29, 1.82) is 0 Å². The Kier molecular flexibility index (Phi) is 2.81. The van der Waals surface area contributed by atoms with Gasteiger partial charge in [0, 0.05) is 11.6 Å². The second kappa shape index (κ2) is 3.67. The van der Waals surface area contributed by atoms with E-state index in [0.29, 0.717) is 6.54 Å². The fourth-order valence-corrected chi connectivity index (χ4v) is 1.34. The van der Waals surface area contributed by atoms with Gasteiger partial charge in [-0.1, -0.05) is 6.92 Å². The number of hydrazone groups is 1. The van der Waals surface area contributed by atoms with Gasteiger partial charge in [0.1, 0.15) is 0 Å². The summed E-state index contributed by atoms with van der Waals surface area (Å²) >= 11 is 0. The zero-order chi connectivity index (χ0) is 9.14. The highest BCUT2D eigenvalue weighted by Crippen LogP contribution is 2.14. The molecule has 1 aliphatic rings. The van der Waals surface area contributed by atoms with Crippen LogP contribution in [0.2, 0.25) is 0 Å². The van der Waals surface area contributed by atoms with Gasteiger partial charge in [0.25, 0.3) is 0 Å². The quantitative estimate of drug-likeness (QED) is 0.644. The molecule has 1 heterocycles. The van der Waals surface area contributed by atoms with Crippen LogP contribution in [0.15, 0.2) is 5.10 Å². The van der Waals surface area contributed by atoms with E-state index in [1.54, 1.807) is 0 Å². The number of amides is 1. The van der Waals surface area contributed by atoms with Crippen molar-refractivity contribution in [1.82, 2.24) is 5.01 Å². The number of hydrogen-bond acceptors (Lipinski definition) is 3.